The Hall–Kier alpha value is -2.10. The van der Waals surface area contributed by atoms with E-state index in [2.05, 4.69) is 10.5 Å². The average Bonchev–Trinajstić information content (AvgIpc) is 2.44. The molecule has 0 unspecified atom stereocenters. The number of hydrogen-bond donors (Lipinski definition) is 1. The SMILES string of the molecule is CC=CC=NNC(=O)CCCc1ccc(OC)cc1. The van der Waals surface area contributed by atoms with Crippen LogP contribution in [0.3, 0.4) is 0 Å². The minimum Gasteiger partial charge on any atom is -0.497 e. The summed E-state index contributed by atoms with van der Waals surface area (Å²) in [5.74, 6) is 0.786. The Morgan fingerprint density at radius 1 is 1.37 bits per heavy atom. The standard InChI is InChI=1S/C15H20N2O2/c1-3-4-12-16-17-15(18)7-5-6-13-8-10-14(19-2)11-9-13/h3-4,8-12H,5-7H2,1-2H3,(H,17,18). The Morgan fingerprint density at radius 2 is 2.11 bits per heavy atom. The number of nitrogens with one attached hydrogen (secondary N) is 1. The molecule has 4 nitrogen and oxygen atoms in total. The van der Waals surface area contributed by atoms with Crippen molar-refractivity contribution >= 4 is 12.1 Å². The highest BCUT2D eigenvalue weighted by atomic mass is 16.5. The fourth-order valence-electron chi connectivity index (χ4n) is 1.54. The van der Waals surface area contributed by atoms with E-state index in [1.165, 1.54) is 5.56 Å². The molecule has 1 aromatic rings. The van der Waals surface area contributed by atoms with Crippen molar-refractivity contribution in [2.75, 3.05) is 7.11 Å². The maximum absolute atomic E-state index is 11.4. The van der Waals surface area contributed by atoms with Crippen LogP contribution in [0, 0.1) is 0 Å². The maximum Gasteiger partial charge on any atom is 0.240 e. The van der Waals surface area contributed by atoms with Crippen molar-refractivity contribution in [1.29, 1.82) is 0 Å². The Labute approximate surface area is 114 Å². The van der Waals surface area contributed by atoms with Crippen molar-refractivity contribution in [3.63, 3.8) is 0 Å². The summed E-state index contributed by atoms with van der Waals surface area (Å²) in [6.07, 6.45) is 7.31. The van der Waals surface area contributed by atoms with Crippen molar-refractivity contribution in [1.82, 2.24) is 5.43 Å². The molecule has 0 bridgehead atoms. The molecule has 4 heteroatoms. The Kier molecular flexibility index (Phi) is 7.02. The second-order valence-electron chi connectivity index (χ2n) is 4.04. The maximum atomic E-state index is 11.4. The van der Waals surface area contributed by atoms with Crippen LogP contribution in [0.15, 0.2) is 41.5 Å². The lowest BCUT2D eigenvalue weighted by atomic mass is 10.1. The van der Waals surface area contributed by atoms with Crippen LogP contribution in [-0.2, 0) is 11.2 Å². The molecule has 102 valence electrons. The Balaban J connectivity index is 2.23. The first-order valence-corrected chi connectivity index (χ1v) is 6.32. The van der Waals surface area contributed by atoms with Gasteiger partial charge in [0.1, 0.15) is 5.75 Å². The smallest absolute Gasteiger partial charge is 0.240 e. The molecule has 0 heterocycles. The number of hydrazone groups is 1. The number of nitrogens with zero attached hydrogens (tertiary/aromatic N) is 1. The summed E-state index contributed by atoms with van der Waals surface area (Å²) in [5, 5.41) is 3.78. The van der Waals surface area contributed by atoms with Crippen LogP contribution in [0.5, 0.6) is 5.75 Å². The number of benzene rings is 1. The fourth-order valence-corrected chi connectivity index (χ4v) is 1.54. The van der Waals surface area contributed by atoms with Crippen LogP contribution in [0.1, 0.15) is 25.3 Å². The summed E-state index contributed by atoms with van der Waals surface area (Å²) in [5.41, 5.74) is 3.68. The molecule has 19 heavy (non-hydrogen) atoms. The molecular formula is C15H20N2O2. The van der Waals surface area contributed by atoms with Crippen molar-refractivity contribution in [3.05, 3.63) is 42.0 Å². The van der Waals surface area contributed by atoms with E-state index in [0.29, 0.717) is 6.42 Å². The van der Waals surface area contributed by atoms with Gasteiger partial charge in [-0.15, -0.1) is 0 Å². The molecule has 0 fully saturated rings. The number of allylic oxidation sites excluding steroid dienone is 2. The van der Waals surface area contributed by atoms with Gasteiger partial charge in [-0.25, -0.2) is 5.43 Å². The van der Waals surface area contributed by atoms with Gasteiger partial charge in [-0.2, -0.15) is 5.10 Å². The number of carbonyl (C=O) groups is 1. The number of rotatable bonds is 7. The van der Waals surface area contributed by atoms with E-state index in [-0.39, 0.29) is 5.91 Å². The summed E-state index contributed by atoms with van der Waals surface area (Å²) in [6, 6.07) is 7.88. The van der Waals surface area contributed by atoms with Gasteiger partial charge in [0.2, 0.25) is 5.91 Å². The molecule has 0 spiro atoms. The largest absolute Gasteiger partial charge is 0.497 e. The van der Waals surface area contributed by atoms with E-state index in [0.717, 1.165) is 18.6 Å². The van der Waals surface area contributed by atoms with Crippen LogP contribution in [0.4, 0.5) is 0 Å². The normalized spacial score (nSPS) is 11.1. The molecule has 1 aromatic carbocycles. The lowest BCUT2D eigenvalue weighted by molar-refractivity contribution is -0.121. The van der Waals surface area contributed by atoms with E-state index >= 15 is 0 Å². The highest BCUT2D eigenvalue weighted by Crippen LogP contribution is 2.13. The predicted octanol–water partition coefficient (Wildman–Crippen LogP) is 2.70. The highest BCUT2D eigenvalue weighted by Gasteiger charge is 2.00. The monoisotopic (exact) mass is 260 g/mol. The Bertz CT molecular complexity index is 436. The number of methoxy groups -OCH3 is 1. The van der Waals surface area contributed by atoms with Crippen molar-refractivity contribution < 1.29 is 9.53 Å². The zero-order valence-corrected chi connectivity index (χ0v) is 11.4. The number of carbonyl (C=O) groups excluding carboxylic acids is 1. The van der Waals surface area contributed by atoms with Gasteiger partial charge in [0.25, 0.3) is 0 Å². The van der Waals surface area contributed by atoms with E-state index in [1.807, 2.05) is 37.3 Å². The van der Waals surface area contributed by atoms with Crippen molar-refractivity contribution in [2.45, 2.75) is 26.2 Å². The molecule has 0 atom stereocenters. The second-order valence-corrected chi connectivity index (χ2v) is 4.04. The van der Waals surface area contributed by atoms with Crippen LogP contribution >= 0.6 is 0 Å². The minimum atomic E-state index is -0.0609. The van der Waals surface area contributed by atoms with Gasteiger partial charge in [0.15, 0.2) is 0 Å². The summed E-state index contributed by atoms with van der Waals surface area (Å²) in [6.45, 7) is 1.89. The third-order valence-electron chi connectivity index (χ3n) is 2.57. The van der Waals surface area contributed by atoms with E-state index in [1.54, 1.807) is 19.4 Å². The zero-order valence-electron chi connectivity index (χ0n) is 11.4. The highest BCUT2D eigenvalue weighted by molar-refractivity contribution is 5.78. The quantitative estimate of drug-likeness (QED) is 0.605. The third-order valence-corrected chi connectivity index (χ3v) is 2.57. The van der Waals surface area contributed by atoms with Gasteiger partial charge in [-0.3, -0.25) is 4.79 Å². The summed E-state index contributed by atoms with van der Waals surface area (Å²) < 4.78 is 5.09. The van der Waals surface area contributed by atoms with Gasteiger partial charge in [-0.1, -0.05) is 18.2 Å². The topological polar surface area (TPSA) is 50.7 Å². The molecule has 1 rings (SSSR count). The first-order chi connectivity index (χ1) is 9.26. The van der Waals surface area contributed by atoms with Crippen molar-refractivity contribution in [2.24, 2.45) is 5.10 Å². The molecule has 0 saturated heterocycles. The first kappa shape index (κ1) is 15.0. The van der Waals surface area contributed by atoms with E-state index < -0.39 is 0 Å². The lowest BCUT2D eigenvalue weighted by Crippen LogP contribution is -2.16. The van der Waals surface area contributed by atoms with E-state index in [9.17, 15) is 4.79 Å². The van der Waals surface area contributed by atoms with Crippen LogP contribution < -0.4 is 10.2 Å². The summed E-state index contributed by atoms with van der Waals surface area (Å²) in [4.78, 5) is 11.4. The number of amides is 1. The molecule has 0 aliphatic carbocycles. The predicted molar refractivity (Wildman–Crippen MR) is 77.4 cm³/mol. The Morgan fingerprint density at radius 3 is 2.74 bits per heavy atom. The third kappa shape index (κ3) is 6.41. The average molecular weight is 260 g/mol. The van der Waals surface area contributed by atoms with Gasteiger partial charge in [0, 0.05) is 12.6 Å². The van der Waals surface area contributed by atoms with Crippen LogP contribution in [0.2, 0.25) is 0 Å². The molecule has 0 aliphatic rings. The minimum absolute atomic E-state index is 0.0609. The summed E-state index contributed by atoms with van der Waals surface area (Å²) in [7, 11) is 1.65. The lowest BCUT2D eigenvalue weighted by Gasteiger charge is -2.03. The van der Waals surface area contributed by atoms with Gasteiger partial charge < -0.3 is 4.74 Å². The zero-order chi connectivity index (χ0) is 13.9. The van der Waals surface area contributed by atoms with Gasteiger partial charge in [0.05, 0.1) is 7.11 Å². The number of aryl methyl sites for hydroxylation is 1. The van der Waals surface area contributed by atoms with E-state index in [4.69, 9.17) is 4.74 Å². The molecule has 0 aliphatic heterocycles. The fraction of sp³-hybridized carbons (Fsp3) is 0.333. The van der Waals surface area contributed by atoms with Crippen molar-refractivity contribution in [3.8, 4) is 5.75 Å². The first-order valence-electron chi connectivity index (χ1n) is 6.32. The van der Waals surface area contributed by atoms with Crippen LogP contribution in [-0.4, -0.2) is 19.2 Å². The second kappa shape index (κ2) is 8.91. The van der Waals surface area contributed by atoms with Gasteiger partial charge in [-0.05, 0) is 43.5 Å². The number of hydrogen-bond acceptors (Lipinski definition) is 3. The molecule has 0 aromatic heterocycles. The molecule has 1 amide bonds. The molecular weight excluding hydrogens is 240 g/mol. The summed E-state index contributed by atoms with van der Waals surface area (Å²) >= 11 is 0. The molecule has 1 N–H and O–H groups in total. The van der Waals surface area contributed by atoms with Gasteiger partial charge >= 0.3 is 0 Å². The molecule has 0 radical (unpaired) electrons. The van der Waals surface area contributed by atoms with Crippen LogP contribution in [0.25, 0.3) is 0 Å². The number of ether oxygens (including phenoxy) is 1. The molecule has 0 saturated carbocycles.